The molecular formula is C25H14BrClF11N3O2. The number of benzene rings is 2. The number of rotatable bonds is 6. The third-order valence-corrected chi connectivity index (χ3v) is 6.69. The fourth-order valence-electron chi connectivity index (χ4n) is 3.84. The van der Waals surface area contributed by atoms with Gasteiger partial charge in [-0.1, -0.05) is 17.7 Å². The lowest BCUT2D eigenvalue weighted by Gasteiger charge is -2.31. The van der Waals surface area contributed by atoms with Gasteiger partial charge in [-0.25, -0.2) is 13.8 Å². The molecule has 2 amide bonds. The van der Waals surface area contributed by atoms with Crippen LogP contribution < -0.4 is 10.2 Å². The van der Waals surface area contributed by atoms with Crippen molar-refractivity contribution < 1.29 is 57.9 Å². The van der Waals surface area contributed by atoms with Crippen molar-refractivity contribution in [1.29, 1.82) is 0 Å². The van der Waals surface area contributed by atoms with Crippen molar-refractivity contribution in [3.05, 3.63) is 86.4 Å². The third-order valence-electron chi connectivity index (χ3n) is 5.86. The molecule has 0 unspecified atom stereocenters. The maximum Gasteiger partial charge on any atom is 0.435 e. The van der Waals surface area contributed by atoms with Gasteiger partial charge in [0.1, 0.15) is 5.15 Å². The highest BCUT2D eigenvalue weighted by atomic mass is 79.9. The first-order valence-electron chi connectivity index (χ1n) is 11.4. The van der Waals surface area contributed by atoms with Gasteiger partial charge >= 0.3 is 24.2 Å². The van der Waals surface area contributed by atoms with E-state index in [-0.39, 0.29) is 23.3 Å². The van der Waals surface area contributed by atoms with Crippen LogP contribution in [-0.2, 0) is 11.8 Å². The monoisotopic (exact) mass is 711 g/mol. The summed E-state index contributed by atoms with van der Waals surface area (Å²) in [6, 6.07) is 4.29. The van der Waals surface area contributed by atoms with Crippen molar-refractivity contribution >= 4 is 50.7 Å². The highest BCUT2D eigenvalue weighted by molar-refractivity contribution is 9.10. The minimum atomic E-state index is -6.73. The summed E-state index contributed by atoms with van der Waals surface area (Å²) < 4.78 is 149. The third kappa shape index (κ3) is 6.56. The second-order valence-corrected chi connectivity index (χ2v) is 9.78. The van der Waals surface area contributed by atoms with Crippen LogP contribution in [0.25, 0.3) is 0 Å². The molecule has 5 nitrogen and oxygen atoms in total. The number of carbonyl (C=O) groups excluding carboxylic acids is 2. The van der Waals surface area contributed by atoms with Gasteiger partial charge < -0.3 is 10.2 Å². The zero-order chi connectivity index (χ0) is 32.7. The van der Waals surface area contributed by atoms with Gasteiger partial charge in [0, 0.05) is 28.3 Å². The number of amides is 2. The normalized spacial score (nSPS) is 12.7. The van der Waals surface area contributed by atoms with Crippen LogP contribution in [0.5, 0.6) is 0 Å². The summed E-state index contributed by atoms with van der Waals surface area (Å²) in [4.78, 5) is 30.4. The second kappa shape index (κ2) is 11.9. The summed E-state index contributed by atoms with van der Waals surface area (Å²) in [6.45, 7) is 1.24. The lowest BCUT2D eigenvalue weighted by molar-refractivity contribution is -0.348. The largest absolute Gasteiger partial charge is 0.435 e. The minimum Gasteiger partial charge on any atom is -0.320 e. The number of aromatic nitrogens is 1. The van der Waals surface area contributed by atoms with Gasteiger partial charge in [0.2, 0.25) is 0 Å². The number of hydrogen-bond acceptors (Lipinski definition) is 3. The Hall–Kier alpha value is -3.47. The summed E-state index contributed by atoms with van der Waals surface area (Å²) in [7, 11) is 0. The van der Waals surface area contributed by atoms with Crippen molar-refractivity contribution in [3.8, 4) is 0 Å². The lowest BCUT2D eigenvalue weighted by atomic mass is 9.92. The first kappa shape index (κ1) is 34.0. The summed E-state index contributed by atoms with van der Waals surface area (Å²) in [6.07, 6.45) is -18.0. The van der Waals surface area contributed by atoms with Crippen LogP contribution in [0.1, 0.15) is 38.8 Å². The number of nitrogens with zero attached hydrogens (tertiary/aromatic N) is 2. The molecule has 1 heterocycles. The highest BCUT2D eigenvalue weighted by Crippen LogP contribution is 2.55. The van der Waals surface area contributed by atoms with E-state index in [0.29, 0.717) is 0 Å². The molecule has 43 heavy (non-hydrogen) atoms. The minimum absolute atomic E-state index is 0.0448. The number of halogens is 13. The molecule has 0 atom stereocenters. The molecule has 1 aromatic heterocycles. The zero-order valence-electron chi connectivity index (χ0n) is 21.0. The average Bonchev–Trinajstić information content (AvgIpc) is 2.88. The molecule has 0 saturated heterocycles. The van der Waals surface area contributed by atoms with Crippen LogP contribution in [0.2, 0.25) is 5.15 Å². The van der Waals surface area contributed by atoms with Gasteiger partial charge in [0.15, 0.2) is 5.82 Å². The molecule has 3 aromatic rings. The summed E-state index contributed by atoms with van der Waals surface area (Å²) >= 11 is 8.13. The number of anilines is 2. The van der Waals surface area contributed by atoms with Crippen molar-refractivity contribution in [2.75, 3.05) is 16.8 Å². The topological polar surface area (TPSA) is 62.3 Å². The Balaban J connectivity index is 2.10. The number of hydrogen-bond donors (Lipinski definition) is 1. The molecule has 0 aliphatic rings. The molecule has 3 rings (SSSR count). The van der Waals surface area contributed by atoms with Crippen LogP contribution in [0.4, 0.5) is 59.7 Å². The molecule has 2 aromatic carbocycles. The fourth-order valence-corrected chi connectivity index (χ4v) is 4.58. The Morgan fingerprint density at radius 2 is 1.56 bits per heavy atom. The first-order chi connectivity index (χ1) is 19.6. The SMILES string of the molecule is CCN(C(=O)c1ccnc(Cl)c1)c1cccc(C(=O)Nc2c(Br)cc(C(F)(C(F)(F)F)C(F)(F)F)cc2C(F)(F)F)c1F. The highest BCUT2D eigenvalue weighted by Gasteiger charge is 2.73. The van der Waals surface area contributed by atoms with E-state index in [0.717, 1.165) is 29.2 Å². The van der Waals surface area contributed by atoms with Crippen LogP contribution in [0.15, 0.2) is 53.1 Å². The van der Waals surface area contributed by atoms with Crippen molar-refractivity contribution in [2.24, 2.45) is 0 Å². The number of alkyl halides is 10. The van der Waals surface area contributed by atoms with E-state index >= 15 is 4.39 Å². The van der Waals surface area contributed by atoms with Crippen LogP contribution in [0, 0.1) is 5.82 Å². The second-order valence-electron chi connectivity index (χ2n) is 8.54. The van der Waals surface area contributed by atoms with Crippen LogP contribution >= 0.6 is 27.5 Å². The van der Waals surface area contributed by atoms with Crippen LogP contribution in [-0.4, -0.2) is 35.7 Å². The standard InChI is InChI=1S/C25H14BrClF11N3O2/c1-2-41(21(43)11-6-7-39-17(27)8-11)16-5-3-4-13(18(16)28)20(42)40-19-14(23(30,31)32)9-12(10-15(19)26)22(29,24(33,34)35)25(36,37)38/h3-10H,2H2,1H3,(H,40,42). The maximum atomic E-state index is 15.5. The Morgan fingerprint density at radius 3 is 2.07 bits per heavy atom. The average molecular weight is 713 g/mol. The Morgan fingerprint density at radius 1 is 0.953 bits per heavy atom. The van der Waals surface area contributed by atoms with Gasteiger partial charge in [0.25, 0.3) is 11.8 Å². The Kier molecular flexibility index (Phi) is 9.42. The molecule has 0 bridgehead atoms. The Labute approximate surface area is 247 Å². The molecule has 1 N–H and O–H groups in total. The van der Waals surface area contributed by atoms with E-state index in [1.165, 1.54) is 19.2 Å². The van der Waals surface area contributed by atoms with E-state index < -0.39 is 80.4 Å². The number of carbonyl (C=O) groups is 2. The van der Waals surface area contributed by atoms with Crippen LogP contribution in [0.3, 0.4) is 0 Å². The number of pyridine rings is 1. The van der Waals surface area contributed by atoms with Crippen molar-refractivity contribution in [1.82, 2.24) is 4.98 Å². The molecule has 232 valence electrons. The van der Waals surface area contributed by atoms with Crippen molar-refractivity contribution in [2.45, 2.75) is 31.1 Å². The molecule has 0 spiro atoms. The molecular weight excluding hydrogens is 699 g/mol. The molecule has 0 aliphatic heterocycles. The van der Waals surface area contributed by atoms with E-state index in [2.05, 4.69) is 20.9 Å². The van der Waals surface area contributed by atoms with Gasteiger partial charge in [-0.05, 0) is 59.3 Å². The maximum absolute atomic E-state index is 15.5. The summed E-state index contributed by atoms with van der Waals surface area (Å²) in [5, 5.41) is 1.51. The fraction of sp³-hybridized carbons (Fsp3) is 0.240. The molecule has 0 fully saturated rings. The smallest absolute Gasteiger partial charge is 0.320 e. The van der Waals surface area contributed by atoms with E-state index in [4.69, 9.17) is 11.6 Å². The predicted octanol–water partition coefficient (Wildman–Crippen LogP) is 8.86. The van der Waals surface area contributed by atoms with E-state index in [9.17, 15) is 53.5 Å². The van der Waals surface area contributed by atoms with Gasteiger partial charge in [-0.15, -0.1) is 0 Å². The van der Waals surface area contributed by atoms with Gasteiger partial charge in [0.05, 0.1) is 22.5 Å². The predicted molar refractivity (Wildman–Crippen MR) is 135 cm³/mol. The Bertz CT molecular complexity index is 1540. The first-order valence-corrected chi connectivity index (χ1v) is 12.6. The molecule has 0 radical (unpaired) electrons. The molecule has 18 heteroatoms. The number of nitrogens with one attached hydrogen (secondary N) is 1. The van der Waals surface area contributed by atoms with Crippen molar-refractivity contribution in [3.63, 3.8) is 0 Å². The zero-order valence-corrected chi connectivity index (χ0v) is 23.3. The van der Waals surface area contributed by atoms with Gasteiger partial charge in [-0.2, -0.15) is 39.5 Å². The van der Waals surface area contributed by atoms with Gasteiger partial charge in [-0.3, -0.25) is 9.59 Å². The van der Waals surface area contributed by atoms with E-state index in [1.807, 2.05) is 0 Å². The van der Waals surface area contributed by atoms with E-state index in [1.54, 1.807) is 5.32 Å². The molecule has 0 saturated carbocycles. The molecule has 0 aliphatic carbocycles. The summed E-state index contributed by atoms with van der Waals surface area (Å²) in [5.41, 5.74) is -14.0. The lowest BCUT2D eigenvalue weighted by Crippen LogP contribution is -2.50. The summed E-state index contributed by atoms with van der Waals surface area (Å²) in [5.74, 6) is -3.88. The quantitative estimate of drug-likeness (QED) is 0.205.